The van der Waals surface area contributed by atoms with E-state index in [2.05, 4.69) is 4.18 Å². The van der Waals surface area contributed by atoms with Gasteiger partial charge < -0.3 is 4.74 Å². The molecule has 104 valence electrons. The van der Waals surface area contributed by atoms with Gasteiger partial charge in [-0.25, -0.2) is 9.69 Å². The van der Waals surface area contributed by atoms with Gasteiger partial charge in [-0.1, -0.05) is 0 Å². The fraction of sp³-hybridized carbons (Fsp3) is 0.800. The number of hydrogen-bond donors (Lipinski definition) is 0. The molecule has 2 amide bonds. The van der Waals surface area contributed by atoms with Gasteiger partial charge in [-0.15, -0.1) is 0 Å². The molecule has 0 N–H and O–H groups in total. The smallest absolute Gasteiger partial charge is 0.417 e. The molecule has 1 heterocycles. The van der Waals surface area contributed by atoms with Crippen molar-refractivity contribution in [1.29, 1.82) is 0 Å². The molecule has 1 unspecified atom stereocenters. The Bertz CT molecular complexity index is 449. The van der Waals surface area contributed by atoms with Crippen molar-refractivity contribution < 1.29 is 26.9 Å². The molecular formula is C10H17NO6S. The minimum atomic E-state index is -3.72. The highest BCUT2D eigenvalue weighted by Crippen LogP contribution is 2.19. The van der Waals surface area contributed by atoms with Crippen molar-refractivity contribution in [2.75, 3.05) is 12.8 Å². The average Bonchev–Trinajstić information content (AvgIpc) is 2.42. The molecule has 1 saturated heterocycles. The second-order valence-corrected chi connectivity index (χ2v) is 6.65. The standard InChI is InChI=1S/C10H17NO6S/c1-10(2,3)16-9(13)11-6-5-7(8(11)12)17-18(4,14)15/h7H,5-6H2,1-4H3. The summed E-state index contributed by atoms with van der Waals surface area (Å²) in [6.45, 7) is 5.12. The van der Waals surface area contributed by atoms with Gasteiger partial charge in [-0.3, -0.25) is 8.98 Å². The first-order chi connectivity index (χ1) is 7.99. The van der Waals surface area contributed by atoms with Crippen LogP contribution in [0.15, 0.2) is 0 Å². The van der Waals surface area contributed by atoms with E-state index in [9.17, 15) is 18.0 Å². The summed E-state index contributed by atoms with van der Waals surface area (Å²) in [7, 11) is -3.72. The quantitative estimate of drug-likeness (QED) is 0.684. The summed E-state index contributed by atoms with van der Waals surface area (Å²) in [4.78, 5) is 24.3. The monoisotopic (exact) mass is 279 g/mol. The molecule has 0 spiro atoms. The molecule has 1 fully saturated rings. The number of likely N-dealkylation sites (tertiary alicyclic amines) is 1. The third kappa shape index (κ3) is 4.26. The van der Waals surface area contributed by atoms with Crippen LogP contribution in [-0.2, 0) is 23.8 Å². The molecule has 1 aliphatic rings. The highest BCUT2D eigenvalue weighted by atomic mass is 32.2. The zero-order chi connectivity index (χ0) is 14.1. The number of nitrogens with zero attached hydrogens (tertiary/aromatic N) is 1. The van der Waals surface area contributed by atoms with E-state index < -0.39 is 33.8 Å². The normalized spacial score (nSPS) is 21.2. The van der Waals surface area contributed by atoms with Crippen LogP contribution in [0, 0.1) is 0 Å². The summed E-state index contributed by atoms with van der Waals surface area (Å²) in [5.74, 6) is -0.685. The number of rotatable bonds is 2. The van der Waals surface area contributed by atoms with Crippen molar-refractivity contribution in [3.63, 3.8) is 0 Å². The molecule has 0 aliphatic carbocycles. The van der Waals surface area contributed by atoms with Gasteiger partial charge >= 0.3 is 6.09 Å². The van der Waals surface area contributed by atoms with Crippen molar-refractivity contribution in [3.8, 4) is 0 Å². The molecule has 7 nitrogen and oxygen atoms in total. The minimum Gasteiger partial charge on any atom is -0.443 e. The van der Waals surface area contributed by atoms with Crippen LogP contribution in [0.3, 0.4) is 0 Å². The van der Waals surface area contributed by atoms with E-state index in [0.29, 0.717) is 0 Å². The van der Waals surface area contributed by atoms with Crippen LogP contribution in [-0.4, -0.2) is 49.8 Å². The fourth-order valence-electron chi connectivity index (χ4n) is 1.45. The van der Waals surface area contributed by atoms with Gasteiger partial charge in [0.05, 0.1) is 6.26 Å². The Morgan fingerprint density at radius 1 is 1.39 bits per heavy atom. The first-order valence-corrected chi connectivity index (χ1v) is 7.24. The molecule has 18 heavy (non-hydrogen) atoms. The summed E-state index contributed by atoms with van der Waals surface area (Å²) in [6, 6.07) is 0. The van der Waals surface area contributed by atoms with E-state index >= 15 is 0 Å². The molecule has 1 aliphatic heterocycles. The van der Waals surface area contributed by atoms with E-state index in [1.165, 1.54) is 0 Å². The molecule has 0 aromatic heterocycles. The largest absolute Gasteiger partial charge is 0.443 e. The number of amides is 2. The van der Waals surface area contributed by atoms with Crippen LogP contribution in [0.25, 0.3) is 0 Å². The summed E-state index contributed by atoms with van der Waals surface area (Å²) in [6.07, 6.45) is -0.915. The molecule has 1 atom stereocenters. The van der Waals surface area contributed by atoms with Crippen molar-refractivity contribution in [1.82, 2.24) is 4.90 Å². The van der Waals surface area contributed by atoms with Crippen molar-refractivity contribution >= 4 is 22.1 Å². The van der Waals surface area contributed by atoms with Gasteiger partial charge in [0.1, 0.15) is 5.60 Å². The third-order valence-electron chi connectivity index (χ3n) is 2.06. The maximum Gasteiger partial charge on any atom is 0.417 e. The molecule has 1 rings (SSSR count). The summed E-state index contributed by atoms with van der Waals surface area (Å²) >= 11 is 0. The lowest BCUT2D eigenvalue weighted by Crippen LogP contribution is -2.40. The summed E-state index contributed by atoms with van der Waals surface area (Å²) in [5, 5.41) is 0. The van der Waals surface area contributed by atoms with Crippen molar-refractivity contribution in [3.05, 3.63) is 0 Å². The van der Waals surface area contributed by atoms with Gasteiger partial charge in [0.25, 0.3) is 16.0 Å². The zero-order valence-corrected chi connectivity index (χ0v) is 11.6. The summed E-state index contributed by atoms with van der Waals surface area (Å²) < 4.78 is 31.5. The Hall–Kier alpha value is -1.15. The molecule has 0 aromatic rings. The van der Waals surface area contributed by atoms with Gasteiger partial charge in [-0.05, 0) is 20.8 Å². The lowest BCUT2D eigenvalue weighted by Gasteiger charge is -2.23. The second kappa shape index (κ2) is 4.85. The number of ether oxygens (including phenoxy) is 1. The Balaban J connectivity index is 2.68. The number of imide groups is 1. The van der Waals surface area contributed by atoms with Gasteiger partial charge in [0.15, 0.2) is 6.10 Å². The Labute approximate surface area is 106 Å². The van der Waals surface area contributed by atoms with E-state index in [4.69, 9.17) is 4.74 Å². The first-order valence-electron chi connectivity index (χ1n) is 5.42. The first kappa shape index (κ1) is 14.9. The molecule has 8 heteroatoms. The molecule has 0 radical (unpaired) electrons. The van der Waals surface area contributed by atoms with Crippen LogP contribution in [0.4, 0.5) is 4.79 Å². The number of hydrogen-bond acceptors (Lipinski definition) is 6. The van der Waals surface area contributed by atoms with Crippen LogP contribution in [0.2, 0.25) is 0 Å². The summed E-state index contributed by atoms with van der Waals surface area (Å²) in [5.41, 5.74) is -0.715. The van der Waals surface area contributed by atoms with E-state index in [0.717, 1.165) is 11.2 Å². The van der Waals surface area contributed by atoms with Crippen LogP contribution >= 0.6 is 0 Å². The van der Waals surface area contributed by atoms with Crippen molar-refractivity contribution in [2.24, 2.45) is 0 Å². The van der Waals surface area contributed by atoms with E-state index in [1.807, 2.05) is 0 Å². The molecule has 0 saturated carbocycles. The van der Waals surface area contributed by atoms with Crippen molar-refractivity contribution in [2.45, 2.75) is 38.9 Å². The predicted octanol–water partition coefficient (Wildman–Crippen LogP) is 0.499. The highest BCUT2D eigenvalue weighted by Gasteiger charge is 2.40. The molecule has 0 aromatic carbocycles. The third-order valence-corrected chi connectivity index (χ3v) is 2.64. The lowest BCUT2D eigenvalue weighted by molar-refractivity contribution is -0.132. The average molecular weight is 279 g/mol. The van der Waals surface area contributed by atoms with Crippen LogP contribution in [0.1, 0.15) is 27.2 Å². The maximum absolute atomic E-state index is 11.7. The van der Waals surface area contributed by atoms with Crippen LogP contribution < -0.4 is 0 Å². The lowest BCUT2D eigenvalue weighted by atomic mass is 10.2. The zero-order valence-electron chi connectivity index (χ0n) is 10.8. The Kier molecular flexibility index (Phi) is 4.02. The molecular weight excluding hydrogens is 262 g/mol. The fourth-order valence-corrected chi connectivity index (χ4v) is 2.05. The number of carbonyl (C=O) groups excluding carboxylic acids is 2. The SMILES string of the molecule is CC(C)(C)OC(=O)N1CCC(OS(C)(=O)=O)C1=O. The van der Waals surface area contributed by atoms with E-state index in [-0.39, 0.29) is 13.0 Å². The van der Waals surface area contributed by atoms with Gasteiger partial charge in [0, 0.05) is 13.0 Å². The Morgan fingerprint density at radius 3 is 2.39 bits per heavy atom. The topological polar surface area (TPSA) is 90.0 Å². The molecule has 0 bridgehead atoms. The van der Waals surface area contributed by atoms with Gasteiger partial charge in [0.2, 0.25) is 0 Å². The highest BCUT2D eigenvalue weighted by molar-refractivity contribution is 7.86. The van der Waals surface area contributed by atoms with Gasteiger partial charge in [-0.2, -0.15) is 8.42 Å². The Morgan fingerprint density at radius 2 is 1.94 bits per heavy atom. The van der Waals surface area contributed by atoms with E-state index in [1.54, 1.807) is 20.8 Å². The maximum atomic E-state index is 11.7. The second-order valence-electron chi connectivity index (χ2n) is 5.05. The predicted molar refractivity (Wildman–Crippen MR) is 62.3 cm³/mol. The number of carbonyl (C=O) groups is 2. The minimum absolute atomic E-state index is 0.0912. The van der Waals surface area contributed by atoms with Crippen LogP contribution in [0.5, 0.6) is 0 Å².